The van der Waals surface area contributed by atoms with Crippen LogP contribution < -0.4 is 11.2 Å². The fraction of sp³-hybridized carbons (Fsp3) is 0.867. The molecule has 1 saturated heterocycles. The first-order valence-electron chi connectivity index (χ1n) is 16.4. The van der Waals surface area contributed by atoms with Gasteiger partial charge in [-0.15, -0.1) is 0 Å². The van der Waals surface area contributed by atoms with Gasteiger partial charge in [0.05, 0.1) is 32.0 Å². The van der Waals surface area contributed by atoms with Crippen molar-refractivity contribution in [3.05, 3.63) is 43.0 Å². The van der Waals surface area contributed by atoms with Crippen molar-refractivity contribution in [3.63, 3.8) is 0 Å². The number of aromatic nitrogens is 2. The maximum Gasteiger partial charge on any atom is 0.472 e. The Morgan fingerprint density at radius 3 is 2.22 bits per heavy atom. The van der Waals surface area contributed by atoms with E-state index in [0.717, 1.165) is 12.8 Å². The maximum absolute atomic E-state index is 12.5. The largest absolute Gasteiger partial charge is 0.472 e. The van der Waals surface area contributed by atoms with Gasteiger partial charge in [-0.1, -0.05) is 95.5 Å². The third-order valence-electron chi connectivity index (χ3n) is 7.97. The van der Waals surface area contributed by atoms with E-state index in [1.54, 1.807) is 0 Å². The zero-order chi connectivity index (χ0) is 32.9. The van der Waals surface area contributed by atoms with Crippen LogP contribution in [0.15, 0.2) is 20.9 Å². The molecule has 0 radical (unpaired) electrons. The second kappa shape index (κ2) is 22.5. The second-order valence-corrected chi connectivity index (χ2v) is 13.2. The van der Waals surface area contributed by atoms with Gasteiger partial charge >= 0.3 is 13.5 Å². The molecule has 1 fully saturated rings. The molecule has 0 spiro atoms. The predicted octanol–water partition coefficient (Wildman–Crippen LogP) is 6.46. The molecule has 1 aromatic heterocycles. The van der Waals surface area contributed by atoms with Gasteiger partial charge in [0, 0.05) is 36.8 Å². The molecule has 0 aromatic carbocycles. The molecular weight excluding hydrogens is 605 g/mol. The van der Waals surface area contributed by atoms with Crippen molar-refractivity contribution in [1.82, 2.24) is 9.55 Å². The Hall–Kier alpha value is -2.02. The monoisotopic (exact) mass is 659 g/mol. The topological polar surface area (TPSA) is 187 Å². The van der Waals surface area contributed by atoms with Crippen molar-refractivity contribution in [3.8, 4) is 0 Å². The summed E-state index contributed by atoms with van der Waals surface area (Å²) in [5.41, 5.74) is 8.02. The van der Waals surface area contributed by atoms with Crippen molar-refractivity contribution in [2.75, 3.05) is 33.5 Å². The Labute approximate surface area is 266 Å². The van der Waals surface area contributed by atoms with E-state index >= 15 is 0 Å². The minimum atomic E-state index is -4.52. The molecule has 0 saturated carbocycles. The number of hydrogen-bond donors (Lipinski definition) is 2. The molecule has 14 nitrogen and oxygen atoms in total. The predicted molar refractivity (Wildman–Crippen MR) is 171 cm³/mol. The number of phosphoric ester groups is 1. The number of aryl methyl sites for hydroxylation is 1. The third-order valence-corrected chi connectivity index (χ3v) is 8.92. The molecule has 15 heteroatoms. The molecule has 1 aliphatic rings. The zero-order valence-corrected chi connectivity index (χ0v) is 28.2. The first kappa shape index (κ1) is 39.2. The van der Waals surface area contributed by atoms with Crippen LogP contribution in [0.5, 0.6) is 0 Å². The standard InChI is InChI=1S/C30H54N5O9P/c1-4-5-6-7-8-9-10-11-12-13-14-15-16-17-18-41-21-25(40-3)22-42-45(38,39)43-23-27-26(33-34-31)19-28(44-27)35-20-24(2)29(36)32-30(35)37/h20,25-28H,4-19,21-23H2,1-3H3,(H,38,39)(H,32,36,37)/t25-,26+,27-,28-/m1/s1. The lowest BCUT2D eigenvalue weighted by Crippen LogP contribution is -2.33. The number of hydrogen-bond acceptors (Lipinski definition) is 9. The molecule has 2 heterocycles. The number of azide groups is 1. The molecular formula is C30H54N5O9P. The molecule has 45 heavy (non-hydrogen) atoms. The van der Waals surface area contributed by atoms with Gasteiger partial charge in [-0.3, -0.25) is 23.4 Å². The normalized spacial score (nSPS) is 20.1. The molecule has 5 atom stereocenters. The lowest BCUT2D eigenvalue weighted by molar-refractivity contribution is -0.0380. The zero-order valence-electron chi connectivity index (χ0n) is 27.3. The van der Waals surface area contributed by atoms with Crippen LogP contribution in [0.4, 0.5) is 0 Å². The average molecular weight is 660 g/mol. The minimum absolute atomic E-state index is 0.0997. The number of phosphoric acid groups is 1. The Morgan fingerprint density at radius 1 is 1.04 bits per heavy atom. The highest BCUT2D eigenvalue weighted by atomic mass is 31.2. The van der Waals surface area contributed by atoms with Gasteiger partial charge in [-0.05, 0) is 18.9 Å². The van der Waals surface area contributed by atoms with E-state index in [1.165, 1.54) is 102 Å². The van der Waals surface area contributed by atoms with Gasteiger partial charge in [0.25, 0.3) is 5.56 Å². The number of aromatic amines is 1. The highest BCUT2D eigenvalue weighted by Crippen LogP contribution is 2.44. The number of methoxy groups -OCH3 is 1. The van der Waals surface area contributed by atoms with Crippen molar-refractivity contribution in [2.24, 2.45) is 5.11 Å². The van der Waals surface area contributed by atoms with Gasteiger partial charge in [-0.2, -0.15) is 0 Å². The molecule has 2 rings (SSSR count). The lowest BCUT2D eigenvalue weighted by Gasteiger charge is -2.20. The van der Waals surface area contributed by atoms with E-state index in [0.29, 0.717) is 12.2 Å². The van der Waals surface area contributed by atoms with E-state index in [9.17, 15) is 19.0 Å². The number of H-pyrrole nitrogens is 1. The molecule has 1 aliphatic heterocycles. The summed E-state index contributed by atoms with van der Waals surface area (Å²) in [6.45, 7) is 3.90. The maximum atomic E-state index is 12.5. The van der Waals surface area contributed by atoms with Crippen molar-refractivity contribution >= 4 is 7.82 Å². The summed E-state index contributed by atoms with van der Waals surface area (Å²) in [5, 5.41) is 3.67. The van der Waals surface area contributed by atoms with Crippen LogP contribution in [0.3, 0.4) is 0 Å². The third kappa shape index (κ3) is 15.9. The summed E-state index contributed by atoms with van der Waals surface area (Å²) in [4.78, 5) is 39.1. The van der Waals surface area contributed by atoms with E-state index in [2.05, 4.69) is 21.9 Å². The van der Waals surface area contributed by atoms with Crippen LogP contribution >= 0.6 is 7.82 Å². The van der Waals surface area contributed by atoms with E-state index in [1.807, 2.05) is 0 Å². The Morgan fingerprint density at radius 2 is 1.64 bits per heavy atom. The van der Waals surface area contributed by atoms with Gasteiger partial charge in [-0.25, -0.2) is 9.36 Å². The van der Waals surface area contributed by atoms with Crippen LogP contribution in [0.2, 0.25) is 0 Å². The van der Waals surface area contributed by atoms with Crippen LogP contribution in [0, 0.1) is 6.92 Å². The highest BCUT2D eigenvalue weighted by molar-refractivity contribution is 7.47. The SMILES string of the molecule is CCCCCCCCCCCCCCCCOC[C@H](COP(=O)(O)OC[C@H]1O[C@@H](n2cc(C)c(=O)[nH]c2=O)C[C@@H]1N=[N+]=[N-])OC. The van der Waals surface area contributed by atoms with Gasteiger partial charge in [0.1, 0.15) is 12.3 Å². The smallest absolute Gasteiger partial charge is 0.379 e. The number of nitrogens with one attached hydrogen (secondary N) is 1. The minimum Gasteiger partial charge on any atom is -0.379 e. The van der Waals surface area contributed by atoms with Gasteiger partial charge < -0.3 is 19.1 Å². The summed E-state index contributed by atoms with van der Waals surface area (Å²) in [5.74, 6) is 0. The van der Waals surface area contributed by atoms with Gasteiger partial charge in [0.15, 0.2) is 0 Å². The Balaban J connectivity index is 1.59. The molecule has 0 bridgehead atoms. The van der Waals surface area contributed by atoms with Crippen LogP contribution in [-0.2, 0) is 27.8 Å². The molecule has 1 unspecified atom stereocenters. The van der Waals surface area contributed by atoms with Crippen molar-refractivity contribution in [2.45, 2.75) is 135 Å². The molecule has 2 N–H and O–H groups in total. The Kier molecular flexibility index (Phi) is 19.6. The first-order chi connectivity index (χ1) is 21.7. The number of unbranched alkanes of at least 4 members (excludes halogenated alkanes) is 13. The van der Waals surface area contributed by atoms with E-state index < -0.39 is 50.2 Å². The fourth-order valence-electron chi connectivity index (χ4n) is 5.20. The summed E-state index contributed by atoms with van der Waals surface area (Å²) in [6, 6.07) is -0.783. The van der Waals surface area contributed by atoms with Crippen molar-refractivity contribution in [1.29, 1.82) is 0 Å². The molecule has 258 valence electrons. The molecule has 0 aliphatic carbocycles. The van der Waals surface area contributed by atoms with Gasteiger partial charge in [0.2, 0.25) is 0 Å². The quantitative estimate of drug-likeness (QED) is 0.0370. The molecule has 1 aromatic rings. The fourth-order valence-corrected chi connectivity index (χ4v) is 5.97. The Bertz CT molecular complexity index is 1170. The first-order valence-corrected chi connectivity index (χ1v) is 17.9. The highest BCUT2D eigenvalue weighted by Gasteiger charge is 2.38. The summed E-state index contributed by atoms with van der Waals surface area (Å²) >= 11 is 0. The summed E-state index contributed by atoms with van der Waals surface area (Å²) in [6.07, 6.45) is 17.1. The summed E-state index contributed by atoms with van der Waals surface area (Å²) < 4.78 is 40.7. The van der Waals surface area contributed by atoms with Crippen molar-refractivity contribution < 1.29 is 32.7 Å². The average Bonchev–Trinajstić information content (AvgIpc) is 3.41. The number of ether oxygens (including phenoxy) is 3. The van der Waals surface area contributed by atoms with Crippen LogP contribution in [0.1, 0.15) is 115 Å². The summed E-state index contributed by atoms with van der Waals surface area (Å²) in [7, 11) is -3.05. The number of rotatable bonds is 26. The van der Waals surface area contributed by atoms with Crippen LogP contribution in [0.25, 0.3) is 10.4 Å². The second-order valence-electron chi connectivity index (χ2n) is 11.7. The molecule has 0 amide bonds. The van der Waals surface area contributed by atoms with E-state index in [-0.39, 0.29) is 19.6 Å². The number of nitrogens with zero attached hydrogens (tertiary/aromatic N) is 4. The lowest BCUT2D eigenvalue weighted by atomic mass is 10.0. The van der Waals surface area contributed by atoms with Crippen LogP contribution in [-0.4, -0.2) is 66.2 Å². The van der Waals surface area contributed by atoms with E-state index in [4.69, 9.17) is 28.8 Å².